The van der Waals surface area contributed by atoms with E-state index in [-0.39, 0.29) is 0 Å². The van der Waals surface area contributed by atoms with Gasteiger partial charge in [-0.2, -0.15) is 0 Å². The Morgan fingerprint density at radius 2 is 2.00 bits per heavy atom. The van der Waals surface area contributed by atoms with Gasteiger partial charge in [-0.05, 0) is 12.8 Å². The van der Waals surface area contributed by atoms with Gasteiger partial charge in [0.25, 0.3) is 0 Å². The van der Waals surface area contributed by atoms with Crippen molar-refractivity contribution < 1.29 is 0 Å². The highest BCUT2D eigenvalue weighted by Crippen LogP contribution is 2.36. The van der Waals surface area contributed by atoms with Gasteiger partial charge in [0.15, 0.2) is 0 Å². The molecule has 1 spiro atoms. The quantitative estimate of drug-likeness (QED) is 0.552. The summed E-state index contributed by atoms with van der Waals surface area (Å²) in [7, 11) is 0. The number of rotatable bonds is 0. The van der Waals surface area contributed by atoms with Crippen molar-refractivity contribution in [3.8, 4) is 0 Å². The Bertz CT molecular complexity index is 84.0. The van der Waals surface area contributed by atoms with Crippen molar-refractivity contribution in [1.82, 2.24) is 5.32 Å². The summed E-state index contributed by atoms with van der Waals surface area (Å²) in [5.74, 6) is 2.56. The van der Waals surface area contributed by atoms with E-state index in [1.807, 2.05) is 0 Å². The Kier molecular flexibility index (Phi) is 1.46. The molecule has 1 saturated heterocycles. The van der Waals surface area contributed by atoms with Crippen LogP contribution in [0.15, 0.2) is 0 Å². The van der Waals surface area contributed by atoms with Crippen LogP contribution in [0.1, 0.15) is 25.7 Å². The molecule has 2 rings (SSSR count). The minimum atomic E-state index is 0.602. The summed E-state index contributed by atoms with van der Waals surface area (Å²) in [6.45, 7) is 0. The Hall–Kier alpha value is 0.310. The normalized spacial score (nSPS) is 32.0. The Labute approximate surface area is 60.6 Å². The summed E-state index contributed by atoms with van der Waals surface area (Å²) in [5.41, 5.74) is 0.602. The molecule has 52 valence electrons. The molecule has 1 heterocycles. The Morgan fingerprint density at radius 1 is 1.22 bits per heavy atom. The standard InChI is InChI=1S/C7H13NS/c1-2-4-7(3-1)5-9-6-8-7/h8H,1-6H2. The molecule has 0 aromatic rings. The first kappa shape index (κ1) is 6.05. The molecule has 0 amide bonds. The first-order chi connectivity index (χ1) is 4.41. The second-order valence-electron chi connectivity index (χ2n) is 3.16. The van der Waals surface area contributed by atoms with Gasteiger partial charge in [0.2, 0.25) is 0 Å². The molecule has 0 unspecified atom stereocenters. The van der Waals surface area contributed by atoms with Gasteiger partial charge < -0.3 is 5.32 Å². The van der Waals surface area contributed by atoms with Gasteiger partial charge in [-0.3, -0.25) is 0 Å². The fourth-order valence-electron chi connectivity index (χ4n) is 1.87. The van der Waals surface area contributed by atoms with Gasteiger partial charge in [0.1, 0.15) is 0 Å². The van der Waals surface area contributed by atoms with Crippen LogP contribution >= 0.6 is 11.8 Å². The molecule has 1 aliphatic carbocycles. The average molecular weight is 143 g/mol. The number of thioether (sulfide) groups is 1. The molecule has 2 fully saturated rings. The van der Waals surface area contributed by atoms with Crippen LogP contribution in [-0.2, 0) is 0 Å². The Balaban J connectivity index is 2.04. The van der Waals surface area contributed by atoms with Crippen molar-refractivity contribution >= 4 is 11.8 Å². The maximum atomic E-state index is 3.59. The van der Waals surface area contributed by atoms with Crippen LogP contribution in [-0.4, -0.2) is 17.2 Å². The fraction of sp³-hybridized carbons (Fsp3) is 1.00. The predicted octanol–water partition coefficient (Wildman–Crippen LogP) is 1.59. The van der Waals surface area contributed by atoms with Crippen molar-refractivity contribution in [3.63, 3.8) is 0 Å². The minimum absolute atomic E-state index is 0.602. The van der Waals surface area contributed by atoms with Crippen molar-refractivity contribution in [1.29, 1.82) is 0 Å². The van der Waals surface area contributed by atoms with Gasteiger partial charge in [0, 0.05) is 17.2 Å². The molecule has 0 aromatic heterocycles. The Morgan fingerprint density at radius 3 is 2.56 bits per heavy atom. The van der Waals surface area contributed by atoms with Crippen LogP contribution in [0.3, 0.4) is 0 Å². The summed E-state index contributed by atoms with van der Waals surface area (Å²) in [5, 5.41) is 3.59. The molecule has 0 bridgehead atoms. The lowest BCUT2D eigenvalue weighted by Gasteiger charge is -2.20. The zero-order valence-electron chi connectivity index (χ0n) is 5.65. The maximum absolute atomic E-state index is 3.59. The topological polar surface area (TPSA) is 12.0 Å². The highest BCUT2D eigenvalue weighted by molar-refractivity contribution is 7.99. The van der Waals surface area contributed by atoms with E-state index >= 15 is 0 Å². The van der Waals surface area contributed by atoms with Gasteiger partial charge >= 0.3 is 0 Å². The van der Waals surface area contributed by atoms with E-state index in [1.54, 1.807) is 0 Å². The molecule has 1 nitrogen and oxygen atoms in total. The molecule has 2 heteroatoms. The molecular weight excluding hydrogens is 130 g/mol. The zero-order chi connectivity index (χ0) is 6.16. The molecule has 9 heavy (non-hydrogen) atoms. The maximum Gasteiger partial charge on any atom is 0.0423 e. The largest absolute Gasteiger partial charge is 0.301 e. The van der Waals surface area contributed by atoms with Gasteiger partial charge in [-0.25, -0.2) is 0 Å². The monoisotopic (exact) mass is 143 g/mol. The van der Waals surface area contributed by atoms with Crippen molar-refractivity contribution in [2.24, 2.45) is 0 Å². The van der Waals surface area contributed by atoms with Gasteiger partial charge in [-0.15, -0.1) is 11.8 Å². The summed E-state index contributed by atoms with van der Waals surface area (Å²) in [6.07, 6.45) is 5.76. The summed E-state index contributed by atoms with van der Waals surface area (Å²) in [6, 6.07) is 0. The molecular formula is C7H13NS. The van der Waals surface area contributed by atoms with Crippen LogP contribution in [0.5, 0.6) is 0 Å². The molecule has 0 radical (unpaired) electrons. The van der Waals surface area contributed by atoms with E-state index in [2.05, 4.69) is 17.1 Å². The third-order valence-electron chi connectivity index (χ3n) is 2.49. The highest BCUT2D eigenvalue weighted by atomic mass is 32.2. The summed E-state index contributed by atoms with van der Waals surface area (Å²) >= 11 is 2.06. The van der Waals surface area contributed by atoms with E-state index in [4.69, 9.17) is 0 Å². The van der Waals surface area contributed by atoms with Crippen molar-refractivity contribution in [3.05, 3.63) is 0 Å². The van der Waals surface area contributed by atoms with Crippen LogP contribution in [0, 0.1) is 0 Å². The second-order valence-corrected chi connectivity index (χ2v) is 4.14. The van der Waals surface area contributed by atoms with Crippen LogP contribution in [0.4, 0.5) is 0 Å². The molecule has 0 atom stereocenters. The lowest BCUT2D eigenvalue weighted by atomic mass is 10.0. The van der Waals surface area contributed by atoms with Gasteiger partial charge in [-0.1, -0.05) is 12.8 Å². The van der Waals surface area contributed by atoms with Crippen LogP contribution in [0.25, 0.3) is 0 Å². The van der Waals surface area contributed by atoms with E-state index < -0.39 is 0 Å². The first-order valence-electron chi connectivity index (χ1n) is 3.74. The van der Waals surface area contributed by atoms with Gasteiger partial charge in [0.05, 0.1) is 0 Å². The molecule has 1 saturated carbocycles. The number of hydrogen-bond donors (Lipinski definition) is 1. The molecule has 1 aliphatic heterocycles. The van der Waals surface area contributed by atoms with E-state index in [9.17, 15) is 0 Å². The van der Waals surface area contributed by atoms with E-state index in [1.165, 1.54) is 37.3 Å². The van der Waals surface area contributed by atoms with Crippen molar-refractivity contribution in [2.75, 3.05) is 11.6 Å². The minimum Gasteiger partial charge on any atom is -0.301 e. The zero-order valence-corrected chi connectivity index (χ0v) is 6.47. The summed E-state index contributed by atoms with van der Waals surface area (Å²) < 4.78 is 0. The number of nitrogens with one attached hydrogen (secondary N) is 1. The third kappa shape index (κ3) is 0.987. The van der Waals surface area contributed by atoms with E-state index in [0.717, 1.165) is 0 Å². The lowest BCUT2D eigenvalue weighted by molar-refractivity contribution is 0.417. The lowest BCUT2D eigenvalue weighted by Crippen LogP contribution is -2.38. The highest BCUT2D eigenvalue weighted by Gasteiger charge is 2.36. The first-order valence-corrected chi connectivity index (χ1v) is 4.90. The van der Waals surface area contributed by atoms with Crippen molar-refractivity contribution in [2.45, 2.75) is 31.2 Å². The third-order valence-corrected chi connectivity index (χ3v) is 3.59. The van der Waals surface area contributed by atoms with E-state index in [0.29, 0.717) is 5.54 Å². The van der Waals surface area contributed by atoms with Crippen LogP contribution in [0.2, 0.25) is 0 Å². The summed E-state index contributed by atoms with van der Waals surface area (Å²) in [4.78, 5) is 0. The van der Waals surface area contributed by atoms with Crippen LogP contribution < -0.4 is 5.32 Å². The molecule has 0 aromatic carbocycles. The SMILES string of the molecule is C1CCC2(C1)CSCN2. The molecule has 1 N–H and O–H groups in total. The average Bonchev–Trinajstić information content (AvgIpc) is 2.45. The number of hydrogen-bond acceptors (Lipinski definition) is 2. The fourth-order valence-corrected chi connectivity index (χ4v) is 3.17. The molecule has 2 aliphatic rings. The second kappa shape index (κ2) is 2.17. The predicted molar refractivity (Wildman–Crippen MR) is 41.7 cm³/mol. The smallest absolute Gasteiger partial charge is 0.0423 e.